The van der Waals surface area contributed by atoms with E-state index in [1.807, 2.05) is 0 Å². The molecule has 2 aromatic rings. The van der Waals surface area contributed by atoms with Crippen molar-refractivity contribution in [3.05, 3.63) is 29.8 Å². The molecule has 15 heavy (non-hydrogen) atoms. The molecule has 5 heteroatoms. The number of rotatable bonds is 1. The van der Waals surface area contributed by atoms with Crippen LogP contribution in [0.2, 0.25) is 0 Å². The molecule has 2 rings (SSSR count). The van der Waals surface area contributed by atoms with Gasteiger partial charge in [-0.15, -0.1) is 0 Å². The van der Waals surface area contributed by atoms with E-state index in [1.54, 1.807) is 19.3 Å². The molecule has 0 aliphatic heterocycles. The van der Waals surface area contributed by atoms with E-state index in [1.165, 1.54) is 13.3 Å². The van der Waals surface area contributed by atoms with E-state index < -0.39 is 5.97 Å². The lowest BCUT2D eigenvalue weighted by atomic mass is 10.2. The van der Waals surface area contributed by atoms with Crippen LogP contribution in [0.15, 0.2) is 18.6 Å². The number of hydrogen-bond acceptors (Lipinski definition) is 5. The van der Waals surface area contributed by atoms with E-state index in [-0.39, 0.29) is 5.69 Å². The zero-order chi connectivity index (χ0) is 10.8. The van der Waals surface area contributed by atoms with Crippen molar-refractivity contribution in [3.63, 3.8) is 0 Å². The van der Waals surface area contributed by atoms with Gasteiger partial charge in [0.2, 0.25) is 0 Å². The van der Waals surface area contributed by atoms with Gasteiger partial charge in [0, 0.05) is 18.0 Å². The molecule has 0 atom stereocenters. The van der Waals surface area contributed by atoms with Gasteiger partial charge in [0.25, 0.3) is 0 Å². The van der Waals surface area contributed by atoms with Gasteiger partial charge in [0.1, 0.15) is 5.52 Å². The maximum absolute atomic E-state index is 11.3. The molecule has 0 radical (unpaired) electrons. The molecule has 0 bridgehead atoms. The van der Waals surface area contributed by atoms with Crippen LogP contribution in [0, 0.1) is 6.92 Å². The van der Waals surface area contributed by atoms with Crippen molar-refractivity contribution in [1.29, 1.82) is 0 Å². The van der Waals surface area contributed by atoms with Crippen molar-refractivity contribution in [3.8, 4) is 0 Å². The second-order valence-corrected chi connectivity index (χ2v) is 3.01. The predicted octanol–water partition coefficient (Wildman–Crippen LogP) is 1.12. The van der Waals surface area contributed by atoms with Crippen LogP contribution >= 0.6 is 0 Å². The second-order valence-electron chi connectivity index (χ2n) is 3.01. The highest BCUT2D eigenvalue weighted by Crippen LogP contribution is 2.15. The Labute approximate surface area is 86.1 Å². The van der Waals surface area contributed by atoms with Crippen LogP contribution in [-0.4, -0.2) is 28.0 Å². The first-order chi connectivity index (χ1) is 7.24. The molecule has 0 saturated carbocycles. The number of ether oxygens (including phenoxy) is 1. The van der Waals surface area contributed by atoms with E-state index >= 15 is 0 Å². The quantitative estimate of drug-likeness (QED) is 0.650. The molecule has 0 aliphatic carbocycles. The Morgan fingerprint density at radius 3 is 2.73 bits per heavy atom. The summed E-state index contributed by atoms with van der Waals surface area (Å²) >= 11 is 0. The number of aryl methyl sites for hydroxylation is 1. The number of carbonyl (C=O) groups is 1. The van der Waals surface area contributed by atoms with E-state index in [0.717, 1.165) is 0 Å². The second kappa shape index (κ2) is 3.61. The van der Waals surface area contributed by atoms with Crippen molar-refractivity contribution in [2.45, 2.75) is 6.92 Å². The number of carbonyl (C=O) groups excluding carboxylic acids is 1. The highest BCUT2D eigenvalue weighted by Gasteiger charge is 2.14. The highest BCUT2D eigenvalue weighted by molar-refractivity contribution is 5.93. The number of pyridine rings is 1. The van der Waals surface area contributed by atoms with Gasteiger partial charge in [-0.25, -0.2) is 9.78 Å². The van der Waals surface area contributed by atoms with Crippen molar-refractivity contribution < 1.29 is 9.53 Å². The van der Waals surface area contributed by atoms with Crippen molar-refractivity contribution >= 4 is 17.0 Å². The number of nitrogens with zero attached hydrogens (tertiary/aromatic N) is 3. The van der Waals surface area contributed by atoms with Crippen LogP contribution < -0.4 is 0 Å². The number of methoxy groups -OCH3 is 1. The summed E-state index contributed by atoms with van der Waals surface area (Å²) in [6.07, 6.45) is 4.68. The third-order valence-electron chi connectivity index (χ3n) is 2.13. The predicted molar refractivity (Wildman–Crippen MR) is 53.4 cm³/mol. The van der Waals surface area contributed by atoms with Crippen LogP contribution in [-0.2, 0) is 4.74 Å². The van der Waals surface area contributed by atoms with Gasteiger partial charge >= 0.3 is 5.97 Å². The van der Waals surface area contributed by atoms with Gasteiger partial charge in [-0.2, -0.15) is 0 Å². The smallest absolute Gasteiger partial charge is 0.357 e. The van der Waals surface area contributed by atoms with Crippen molar-refractivity contribution in [2.24, 2.45) is 0 Å². The lowest BCUT2D eigenvalue weighted by molar-refractivity contribution is 0.0593. The molecule has 0 aliphatic rings. The average Bonchev–Trinajstić information content (AvgIpc) is 2.29. The maximum atomic E-state index is 11.3. The molecule has 0 N–H and O–H groups in total. The molecule has 76 valence electrons. The van der Waals surface area contributed by atoms with Crippen LogP contribution in [0.3, 0.4) is 0 Å². The summed E-state index contributed by atoms with van der Waals surface area (Å²) in [6.45, 7) is 1.77. The molecule has 5 nitrogen and oxygen atoms in total. The topological polar surface area (TPSA) is 65.0 Å². The fourth-order valence-electron chi connectivity index (χ4n) is 1.37. The van der Waals surface area contributed by atoms with E-state index in [0.29, 0.717) is 16.6 Å². The average molecular weight is 203 g/mol. The Hall–Kier alpha value is -2.04. The molecule has 0 amide bonds. The molecular weight excluding hydrogens is 194 g/mol. The SMILES string of the molecule is COC(=O)c1ncc2nccnc2c1C. The molecule has 0 fully saturated rings. The molecule has 0 saturated heterocycles. The number of esters is 1. The first kappa shape index (κ1) is 9.51. The van der Waals surface area contributed by atoms with Crippen LogP contribution in [0.25, 0.3) is 11.0 Å². The summed E-state index contributed by atoms with van der Waals surface area (Å²) in [5, 5.41) is 0. The Bertz CT molecular complexity index is 525. The molecule has 2 aromatic heterocycles. The standard InChI is InChI=1S/C10H9N3O2/c1-6-8-7(11-3-4-12-8)5-13-9(6)10(14)15-2/h3-5H,1-2H3. The van der Waals surface area contributed by atoms with E-state index in [4.69, 9.17) is 0 Å². The lowest BCUT2D eigenvalue weighted by Crippen LogP contribution is -2.07. The minimum absolute atomic E-state index is 0.283. The minimum Gasteiger partial charge on any atom is -0.464 e. The maximum Gasteiger partial charge on any atom is 0.357 e. The summed E-state index contributed by atoms with van der Waals surface area (Å²) in [7, 11) is 1.32. The zero-order valence-corrected chi connectivity index (χ0v) is 8.39. The first-order valence-electron chi connectivity index (χ1n) is 4.38. The lowest BCUT2D eigenvalue weighted by Gasteiger charge is -2.04. The summed E-state index contributed by atoms with van der Waals surface area (Å²) < 4.78 is 4.62. The molecule has 0 aromatic carbocycles. The van der Waals surface area contributed by atoms with Crippen molar-refractivity contribution in [1.82, 2.24) is 15.0 Å². The summed E-state index contributed by atoms with van der Waals surface area (Å²) in [5.74, 6) is -0.458. The van der Waals surface area contributed by atoms with Crippen LogP contribution in [0.4, 0.5) is 0 Å². The van der Waals surface area contributed by atoms with Gasteiger partial charge in [0.15, 0.2) is 5.69 Å². The molecule has 0 unspecified atom stereocenters. The van der Waals surface area contributed by atoms with Crippen molar-refractivity contribution in [2.75, 3.05) is 7.11 Å². The Kier molecular flexibility index (Phi) is 2.29. The fourth-order valence-corrected chi connectivity index (χ4v) is 1.37. The Morgan fingerprint density at radius 1 is 1.27 bits per heavy atom. The summed E-state index contributed by atoms with van der Waals surface area (Å²) in [6, 6.07) is 0. The minimum atomic E-state index is -0.458. The number of fused-ring (bicyclic) bond motifs is 1. The third kappa shape index (κ3) is 1.52. The Balaban J connectivity index is 2.70. The number of hydrogen-bond donors (Lipinski definition) is 0. The third-order valence-corrected chi connectivity index (χ3v) is 2.13. The monoisotopic (exact) mass is 203 g/mol. The van der Waals surface area contributed by atoms with E-state index in [2.05, 4.69) is 19.7 Å². The largest absolute Gasteiger partial charge is 0.464 e. The molecule has 2 heterocycles. The summed E-state index contributed by atoms with van der Waals surface area (Å²) in [5.41, 5.74) is 2.31. The van der Waals surface area contributed by atoms with Crippen LogP contribution in [0.1, 0.15) is 16.1 Å². The number of aromatic nitrogens is 3. The normalized spacial score (nSPS) is 10.3. The van der Waals surface area contributed by atoms with Gasteiger partial charge in [-0.05, 0) is 6.92 Å². The molecular formula is C10H9N3O2. The Morgan fingerprint density at radius 2 is 2.00 bits per heavy atom. The van der Waals surface area contributed by atoms with Gasteiger partial charge in [0.05, 0.1) is 18.8 Å². The van der Waals surface area contributed by atoms with Crippen LogP contribution in [0.5, 0.6) is 0 Å². The highest BCUT2D eigenvalue weighted by atomic mass is 16.5. The summed E-state index contributed by atoms with van der Waals surface area (Å²) in [4.78, 5) is 23.6. The first-order valence-corrected chi connectivity index (χ1v) is 4.38. The van der Waals surface area contributed by atoms with E-state index in [9.17, 15) is 4.79 Å². The van der Waals surface area contributed by atoms with Gasteiger partial charge < -0.3 is 4.74 Å². The zero-order valence-electron chi connectivity index (χ0n) is 8.39. The van der Waals surface area contributed by atoms with Gasteiger partial charge in [-0.3, -0.25) is 9.97 Å². The fraction of sp³-hybridized carbons (Fsp3) is 0.200. The molecule has 0 spiro atoms. The van der Waals surface area contributed by atoms with Gasteiger partial charge in [-0.1, -0.05) is 0 Å².